The van der Waals surface area contributed by atoms with Crippen molar-refractivity contribution in [1.82, 2.24) is 14.3 Å². The van der Waals surface area contributed by atoms with E-state index in [4.69, 9.17) is 24.0 Å². The molecule has 3 heterocycles. The molecule has 5 aromatic rings. The summed E-state index contributed by atoms with van der Waals surface area (Å²) in [6, 6.07) is 21.3. The quantitative estimate of drug-likeness (QED) is 0.166. The Morgan fingerprint density at radius 3 is 2.42 bits per heavy atom. The van der Waals surface area contributed by atoms with Crippen molar-refractivity contribution in [2.75, 3.05) is 20.8 Å². The van der Waals surface area contributed by atoms with Gasteiger partial charge in [-0.05, 0) is 74.0 Å². The molecule has 48 heavy (non-hydrogen) atoms. The van der Waals surface area contributed by atoms with Crippen LogP contribution in [0.5, 0.6) is 17.2 Å². The zero-order valence-electron chi connectivity index (χ0n) is 26.9. The SMILES string of the molecule is CCOc1ccc(-c2nn(-c3ccccc3)cc2C=c2sc3n(c2=O)C(c2ccc(OC(C)=O)c(OC)c2)C(C(=O)OC)=C(C)N=3)cc1. The van der Waals surface area contributed by atoms with E-state index in [1.807, 2.05) is 67.7 Å². The van der Waals surface area contributed by atoms with Crippen molar-refractivity contribution in [3.63, 3.8) is 0 Å². The van der Waals surface area contributed by atoms with Gasteiger partial charge in [0.25, 0.3) is 5.56 Å². The van der Waals surface area contributed by atoms with Crippen molar-refractivity contribution in [3.8, 4) is 34.2 Å². The minimum Gasteiger partial charge on any atom is -0.494 e. The molecule has 0 radical (unpaired) electrons. The summed E-state index contributed by atoms with van der Waals surface area (Å²) in [4.78, 5) is 44.2. The van der Waals surface area contributed by atoms with Crippen LogP contribution in [0.3, 0.4) is 0 Å². The zero-order valence-corrected chi connectivity index (χ0v) is 27.7. The summed E-state index contributed by atoms with van der Waals surface area (Å²) in [5.74, 6) is 0.0735. The Bertz CT molecular complexity index is 2230. The minimum absolute atomic E-state index is 0.200. The molecule has 1 aliphatic heterocycles. The largest absolute Gasteiger partial charge is 0.494 e. The Labute approximate surface area is 279 Å². The third kappa shape index (κ3) is 6.17. The zero-order chi connectivity index (χ0) is 33.9. The van der Waals surface area contributed by atoms with E-state index in [1.54, 1.807) is 35.9 Å². The fraction of sp³-hybridized carbons (Fsp3) is 0.194. The molecular formula is C36H32N4O7S. The van der Waals surface area contributed by atoms with E-state index in [-0.39, 0.29) is 22.6 Å². The van der Waals surface area contributed by atoms with Crippen LogP contribution in [0.4, 0.5) is 0 Å². The van der Waals surface area contributed by atoms with Gasteiger partial charge in [-0.1, -0.05) is 35.6 Å². The van der Waals surface area contributed by atoms with E-state index in [1.165, 1.54) is 37.0 Å². The lowest BCUT2D eigenvalue weighted by molar-refractivity contribution is -0.136. The molecule has 6 rings (SSSR count). The molecule has 12 heteroatoms. The second-order valence-corrected chi connectivity index (χ2v) is 11.8. The average Bonchev–Trinajstić information content (AvgIpc) is 3.65. The number of benzene rings is 3. The van der Waals surface area contributed by atoms with Crippen LogP contribution in [0, 0.1) is 0 Å². The van der Waals surface area contributed by atoms with Gasteiger partial charge in [-0.2, -0.15) is 5.10 Å². The van der Waals surface area contributed by atoms with Crippen LogP contribution in [-0.2, 0) is 14.3 Å². The van der Waals surface area contributed by atoms with Crippen molar-refractivity contribution in [2.24, 2.45) is 4.99 Å². The summed E-state index contributed by atoms with van der Waals surface area (Å²) in [5.41, 5.74) is 3.87. The van der Waals surface area contributed by atoms with Gasteiger partial charge in [0.1, 0.15) is 11.4 Å². The summed E-state index contributed by atoms with van der Waals surface area (Å²) in [5, 5.41) is 4.90. The first kappa shape index (κ1) is 32.2. The van der Waals surface area contributed by atoms with Crippen molar-refractivity contribution >= 4 is 29.4 Å². The molecule has 1 unspecified atom stereocenters. The molecule has 0 fully saturated rings. The number of aromatic nitrogens is 3. The number of para-hydroxylation sites is 1. The molecule has 0 saturated heterocycles. The Morgan fingerprint density at radius 1 is 1.00 bits per heavy atom. The van der Waals surface area contributed by atoms with E-state index in [0.717, 1.165) is 17.0 Å². The first-order valence-corrected chi connectivity index (χ1v) is 15.9. The summed E-state index contributed by atoms with van der Waals surface area (Å²) in [7, 11) is 2.72. The standard InChI is InChI=1S/C36H32N4O7S/c1-6-46-27-15-12-23(13-16-27)32-25(20-39(38-32)26-10-8-7-9-11-26)19-30-34(42)40-33(31(35(43)45-5)21(2)37-36(40)48-30)24-14-17-28(47-22(3)41)29(18-24)44-4/h7-20,33H,6H2,1-5H3. The monoisotopic (exact) mass is 664 g/mol. The lowest BCUT2D eigenvalue weighted by Crippen LogP contribution is -2.39. The van der Waals surface area contributed by atoms with Gasteiger partial charge in [-0.3, -0.25) is 14.2 Å². The predicted octanol–water partition coefficient (Wildman–Crippen LogP) is 4.59. The van der Waals surface area contributed by atoms with E-state index in [9.17, 15) is 14.4 Å². The van der Waals surface area contributed by atoms with Crippen molar-refractivity contribution in [3.05, 3.63) is 121 Å². The highest BCUT2D eigenvalue weighted by Crippen LogP contribution is 2.36. The van der Waals surface area contributed by atoms with Crippen LogP contribution in [0.1, 0.15) is 37.9 Å². The molecule has 0 spiro atoms. The van der Waals surface area contributed by atoms with Crippen LogP contribution in [0.25, 0.3) is 23.0 Å². The number of thiazole rings is 1. The van der Waals surface area contributed by atoms with Crippen LogP contribution in [0.15, 0.2) is 100 Å². The maximum absolute atomic E-state index is 14.3. The molecule has 3 aromatic carbocycles. The topological polar surface area (TPSA) is 123 Å². The number of nitrogens with zero attached hydrogens (tertiary/aromatic N) is 4. The Morgan fingerprint density at radius 2 is 1.75 bits per heavy atom. The number of methoxy groups -OCH3 is 2. The lowest BCUT2D eigenvalue weighted by atomic mass is 9.95. The number of rotatable bonds is 9. The molecule has 0 saturated carbocycles. The number of carbonyl (C=O) groups excluding carboxylic acids is 2. The second kappa shape index (κ2) is 13.5. The Kier molecular flexibility index (Phi) is 9.08. The maximum Gasteiger partial charge on any atom is 0.338 e. The first-order valence-electron chi connectivity index (χ1n) is 15.1. The number of esters is 2. The molecule has 1 aliphatic rings. The van der Waals surface area contributed by atoms with E-state index in [0.29, 0.717) is 38.5 Å². The van der Waals surface area contributed by atoms with Gasteiger partial charge in [0.2, 0.25) is 0 Å². The van der Waals surface area contributed by atoms with Crippen molar-refractivity contribution in [1.29, 1.82) is 0 Å². The van der Waals surface area contributed by atoms with Crippen LogP contribution >= 0.6 is 11.3 Å². The third-order valence-electron chi connectivity index (χ3n) is 7.67. The summed E-state index contributed by atoms with van der Waals surface area (Å²) < 4.78 is 25.2. The molecule has 0 bridgehead atoms. The highest BCUT2D eigenvalue weighted by molar-refractivity contribution is 7.07. The fourth-order valence-corrected chi connectivity index (χ4v) is 6.59. The second-order valence-electron chi connectivity index (χ2n) is 10.7. The lowest BCUT2D eigenvalue weighted by Gasteiger charge is -2.25. The number of allylic oxidation sites excluding steroid dienone is 1. The van der Waals surface area contributed by atoms with Gasteiger partial charge >= 0.3 is 11.9 Å². The smallest absolute Gasteiger partial charge is 0.338 e. The van der Waals surface area contributed by atoms with Gasteiger partial charge in [0.15, 0.2) is 16.3 Å². The normalized spacial score (nSPS) is 14.3. The molecule has 0 N–H and O–H groups in total. The molecule has 0 amide bonds. The molecule has 0 aliphatic carbocycles. The van der Waals surface area contributed by atoms with Crippen LogP contribution in [-0.4, -0.2) is 47.1 Å². The highest BCUT2D eigenvalue weighted by atomic mass is 32.1. The van der Waals surface area contributed by atoms with Gasteiger partial charge < -0.3 is 18.9 Å². The Hall–Kier alpha value is -5.75. The summed E-state index contributed by atoms with van der Waals surface area (Å²) in [6.45, 7) is 5.47. The number of fused-ring (bicyclic) bond motifs is 1. The van der Waals surface area contributed by atoms with Crippen molar-refractivity contribution in [2.45, 2.75) is 26.8 Å². The van der Waals surface area contributed by atoms with E-state index >= 15 is 0 Å². The first-order chi connectivity index (χ1) is 23.2. The van der Waals surface area contributed by atoms with Gasteiger partial charge in [-0.15, -0.1) is 0 Å². The van der Waals surface area contributed by atoms with Crippen LogP contribution < -0.4 is 29.1 Å². The molecule has 2 aromatic heterocycles. The number of hydrogen-bond donors (Lipinski definition) is 0. The third-order valence-corrected chi connectivity index (χ3v) is 8.66. The summed E-state index contributed by atoms with van der Waals surface area (Å²) >= 11 is 1.20. The number of hydrogen-bond acceptors (Lipinski definition) is 10. The summed E-state index contributed by atoms with van der Waals surface area (Å²) in [6.07, 6.45) is 3.67. The molecule has 11 nitrogen and oxygen atoms in total. The molecule has 1 atom stereocenters. The number of ether oxygens (including phenoxy) is 4. The Balaban J connectivity index is 1.54. The predicted molar refractivity (Wildman–Crippen MR) is 180 cm³/mol. The highest BCUT2D eigenvalue weighted by Gasteiger charge is 2.34. The number of carbonyl (C=O) groups is 2. The van der Waals surface area contributed by atoms with Gasteiger partial charge in [0.05, 0.1) is 48.4 Å². The van der Waals surface area contributed by atoms with Crippen molar-refractivity contribution < 1.29 is 28.5 Å². The average molecular weight is 665 g/mol. The fourth-order valence-electron chi connectivity index (χ4n) is 5.55. The van der Waals surface area contributed by atoms with Crippen LogP contribution in [0.2, 0.25) is 0 Å². The maximum atomic E-state index is 14.3. The van der Waals surface area contributed by atoms with Gasteiger partial charge in [0, 0.05) is 24.2 Å². The van der Waals surface area contributed by atoms with E-state index in [2.05, 4.69) is 4.99 Å². The molecular weight excluding hydrogens is 632 g/mol. The molecule has 244 valence electrons. The van der Waals surface area contributed by atoms with Gasteiger partial charge in [-0.25, -0.2) is 14.5 Å². The minimum atomic E-state index is -0.895. The van der Waals surface area contributed by atoms with E-state index < -0.39 is 18.0 Å².